The Morgan fingerprint density at radius 3 is 2.40 bits per heavy atom. The van der Waals surface area contributed by atoms with Gasteiger partial charge in [-0.1, -0.05) is 26.7 Å². The molecular weight excluding hydrogens is 208 g/mol. The van der Waals surface area contributed by atoms with Crippen molar-refractivity contribution in [2.45, 2.75) is 39.5 Å². The zero-order valence-electron chi connectivity index (χ0n) is 9.62. The molecule has 3 heteroatoms. The lowest BCUT2D eigenvalue weighted by Crippen LogP contribution is -1.99. The fourth-order valence-corrected chi connectivity index (χ4v) is 1.84. The highest BCUT2D eigenvalue weighted by Crippen LogP contribution is 2.33. The van der Waals surface area contributed by atoms with Crippen molar-refractivity contribution in [3.63, 3.8) is 0 Å². The van der Waals surface area contributed by atoms with Crippen LogP contribution in [0.3, 0.4) is 0 Å². The molecule has 0 aliphatic rings. The minimum Gasteiger partial charge on any atom is -0.489 e. The highest BCUT2D eigenvalue weighted by atomic mass is 32.1. The van der Waals surface area contributed by atoms with Crippen LogP contribution in [0.15, 0.2) is 11.4 Å². The maximum absolute atomic E-state index is 5.64. The van der Waals surface area contributed by atoms with E-state index in [1.54, 1.807) is 11.3 Å². The van der Waals surface area contributed by atoms with Crippen molar-refractivity contribution < 1.29 is 9.47 Å². The van der Waals surface area contributed by atoms with Crippen LogP contribution >= 0.6 is 11.3 Å². The smallest absolute Gasteiger partial charge is 0.216 e. The number of rotatable bonds is 8. The summed E-state index contributed by atoms with van der Waals surface area (Å²) in [5.41, 5.74) is 0. The number of unbranched alkanes of at least 4 members (excludes halogenated alkanes) is 2. The van der Waals surface area contributed by atoms with Gasteiger partial charge in [-0.15, -0.1) is 11.3 Å². The van der Waals surface area contributed by atoms with E-state index in [1.807, 2.05) is 11.4 Å². The highest BCUT2D eigenvalue weighted by Gasteiger charge is 2.05. The molecule has 0 N–H and O–H groups in total. The van der Waals surface area contributed by atoms with Gasteiger partial charge in [-0.05, 0) is 24.3 Å². The normalized spacial score (nSPS) is 10.3. The molecule has 1 heterocycles. The minimum atomic E-state index is 0.789. The molecule has 0 aromatic carbocycles. The van der Waals surface area contributed by atoms with Crippen molar-refractivity contribution in [3.05, 3.63) is 11.4 Å². The fraction of sp³-hybridized carbons (Fsp3) is 0.667. The second-order valence-corrected chi connectivity index (χ2v) is 4.35. The van der Waals surface area contributed by atoms with Gasteiger partial charge in [0.05, 0.1) is 13.2 Å². The third-order valence-corrected chi connectivity index (χ3v) is 2.89. The number of hydrogen-bond donors (Lipinski definition) is 0. The lowest BCUT2D eigenvalue weighted by molar-refractivity contribution is 0.269. The molecule has 0 atom stereocenters. The maximum Gasteiger partial charge on any atom is 0.216 e. The standard InChI is InChI=1S/C12H20O2S/c1-3-5-8-13-11-7-10-15-12(11)14-9-6-4-2/h7,10H,3-6,8-9H2,1-2H3. The van der Waals surface area contributed by atoms with Gasteiger partial charge in [0.25, 0.3) is 0 Å². The Labute approximate surface area is 96.2 Å². The first-order chi connectivity index (χ1) is 7.38. The summed E-state index contributed by atoms with van der Waals surface area (Å²) in [6, 6.07) is 1.99. The van der Waals surface area contributed by atoms with E-state index in [1.165, 1.54) is 0 Å². The van der Waals surface area contributed by atoms with Crippen LogP contribution < -0.4 is 9.47 Å². The first kappa shape index (κ1) is 12.4. The third-order valence-electron chi connectivity index (χ3n) is 2.08. The van der Waals surface area contributed by atoms with E-state index in [4.69, 9.17) is 9.47 Å². The van der Waals surface area contributed by atoms with Gasteiger partial charge >= 0.3 is 0 Å². The van der Waals surface area contributed by atoms with E-state index in [0.717, 1.165) is 49.7 Å². The third kappa shape index (κ3) is 4.56. The monoisotopic (exact) mass is 228 g/mol. The largest absolute Gasteiger partial charge is 0.489 e. The Balaban J connectivity index is 2.32. The summed E-state index contributed by atoms with van der Waals surface area (Å²) >= 11 is 1.61. The van der Waals surface area contributed by atoms with Gasteiger partial charge in [0.2, 0.25) is 5.06 Å². The summed E-state index contributed by atoms with van der Waals surface area (Å²) < 4.78 is 11.3. The second-order valence-electron chi connectivity index (χ2n) is 3.48. The number of ether oxygens (including phenoxy) is 2. The molecule has 1 aromatic heterocycles. The lowest BCUT2D eigenvalue weighted by Gasteiger charge is -2.07. The Bertz CT molecular complexity index is 233. The summed E-state index contributed by atoms with van der Waals surface area (Å²) in [6.45, 7) is 5.91. The molecule has 0 unspecified atom stereocenters. The average Bonchev–Trinajstić information content (AvgIpc) is 2.67. The average molecular weight is 228 g/mol. The van der Waals surface area contributed by atoms with Crippen molar-refractivity contribution in [2.24, 2.45) is 0 Å². The minimum absolute atomic E-state index is 0.789. The van der Waals surface area contributed by atoms with Gasteiger partial charge in [0.1, 0.15) is 0 Å². The summed E-state index contributed by atoms with van der Waals surface area (Å²) in [5.74, 6) is 0.907. The fourth-order valence-electron chi connectivity index (χ4n) is 1.13. The molecule has 0 aliphatic carbocycles. The summed E-state index contributed by atoms with van der Waals surface area (Å²) in [4.78, 5) is 0. The van der Waals surface area contributed by atoms with Gasteiger partial charge in [-0.3, -0.25) is 0 Å². The maximum atomic E-state index is 5.64. The van der Waals surface area contributed by atoms with Crippen molar-refractivity contribution in [1.82, 2.24) is 0 Å². The van der Waals surface area contributed by atoms with Crippen LogP contribution in [0.5, 0.6) is 10.8 Å². The molecule has 0 spiro atoms. The molecule has 0 aliphatic heterocycles. The van der Waals surface area contributed by atoms with E-state index in [2.05, 4.69) is 13.8 Å². The molecule has 1 rings (SSSR count). The molecule has 0 radical (unpaired) electrons. The molecule has 0 amide bonds. The van der Waals surface area contributed by atoms with E-state index in [0.29, 0.717) is 0 Å². The van der Waals surface area contributed by atoms with E-state index >= 15 is 0 Å². The first-order valence-electron chi connectivity index (χ1n) is 5.71. The lowest BCUT2D eigenvalue weighted by atomic mass is 10.4. The molecule has 0 saturated carbocycles. The van der Waals surface area contributed by atoms with Crippen LogP contribution in [0.25, 0.3) is 0 Å². The van der Waals surface area contributed by atoms with Gasteiger partial charge < -0.3 is 9.47 Å². The molecule has 2 nitrogen and oxygen atoms in total. The van der Waals surface area contributed by atoms with Crippen molar-refractivity contribution in [3.8, 4) is 10.8 Å². The van der Waals surface area contributed by atoms with Crippen LogP contribution in [0, 0.1) is 0 Å². The zero-order chi connectivity index (χ0) is 10.9. The van der Waals surface area contributed by atoms with E-state index < -0.39 is 0 Å². The molecule has 15 heavy (non-hydrogen) atoms. The predicted octanol–water partition coefficient (Wildman–Crippen LogP) is 4.11. The first-order valence-corrected chi connectivity index (χ1v) is 6.59. The Kier molecular flexibility index (Phi) is 6.25. The topological polar surface area (TPSA) is 18.5 Å². The number of hydrogen-bond acceptors (Lipinski definition) is 3. The van der Waals surface area contributed by atoms with E-state index in [-0.39, 0.29) is 0 Å². The van der Waals surface area contributed by atoms with E-state index in [9.17, 15) is 0 Å². The highest BCUT2D eigenvalue weighted by molar-refractivity contribution is 7.12. The SMILES string of the molecule is CCCCOc1ccsc1OCCCC. The number of thiophene rings is 1. The molecule has 1 aromatic rings. The summed E-state index contributed by atoms with van der Waals surface area (Å²) in [5, 5.41) is 2.95. The van der Waals surface area contributed by atoms with Gasteiger partial charge in [0, 0.05) is 0 Å². The Morgan fingerprint density at radius 2 is 1.73 bits per heavy atom. The molecule has 0 saturated heterocycles. The van der Waals surface area contributed by atoms with Crippen LogP contribution in [0.2, 0.25) is 0 Å². The molecular formula is C12H20O2S. The second kappa shape index (κ2) is 7.57. The van der Waals surface area contributed by atoms with Gasteiger partial charge in [-0.25, -0.2) is 0 Å². The van der Waals surface area contributed by atoms with Crippen LogP contribution in [-0.2, 0) is 0 Å². The summed E-state index contributed by atoms with van der Waals surface area (Å²) in [6.07, 6.45) is 4.53. The van der Waals surface area contributed by atoms with Crippen molar-refractivity contribution >= 4 is 11.3 Å². The van der Waals surface area contributed by atoms with Gasteiger partial charge in [-0.2, -0.15) is 0 Å². The molecule has 0 bridgehead atoms. The van der Waals surface area contributed by atoms with Crippen molar-refractivity contribution in [2.75, 3.05) is 13.2 Å². The molecule has 86 valence electrons. The zero-order valence-corrected chi connectivity index (χ0v) is 10.4. The Morgan fingerprint density at radius 1 is 1.07 bits per heavy atom. The van der Waals surface area contributed by atoms with Crippen LogP contribution in [0.1, 0.15) is 39.5 Å². The summed E-state index contributed by atoms with van der Waals surface area (Å²) in [7, 11) is 0. The Hall–Kier alpha value is -0.700. The van der Waals surface area contributed by atoms with Crippen molar-refractivity contribution in [1.29, 1.82) is 0 Å². The quantitative estimate of drug-likeness (QED) is 0.623. The van der Waals surface area contributed by atoms with Gasteiger partial charge in [0.15, 0.2) is 5.75 Å². The molecule has 0 fully saturated rings. The van der Waals surface area contributed by atoms with Crippen LogP contribution in [0.4, 0.5) is 0 Å². The van der Waals surface area contributed by atoms with Crippen LogP contribution in [-0.4, -0.2) is 13.2 Å². The predicted molar refractivity (Wildman–Crippen MR) is 65.1 cm³/mol.